The largest absolute Gasteiger partial charge is 0.345 e. The second-order valence-corrected chi connectivity index (χ2v) is 6.18. The van der Waals surface area contributed by atoms with E-state index in [1.807, 2.05) is 7.05 Å². The van der Waals surface area contributed by atoms with Gasteiger partial charge in [0.2, 0.25) is 0 Å². The molecule has 1 fully saturated rings. The lowest BCUT2D eigenvalue weighted by Gasteiger charge is -2.23. The van der Waals surface area contributed by atoms with E-state index in [2.05, 4.69) is 36.4 Å². The van der Waals surface area contributed by atoms with Gasteiger partial charge < -0.3 is 10.2 Å². The van der Waals surface area contributed by atoms with Gasteiger partial charge in [0.1, 0.15) is 0 Å². The van der Waals surface area contributed by atoms with Gasteiger partial charge in [0.25, 0.3) is 0 Å². The van der Waals surface area contributed by atoms with E-state index in [0.29, 0.717) is 12.0 Å². The van der Waals surface area contributed by atoms with Crippen molar-refractivity contribution < 1.29 is 0 Å². The van der Waals surface area contributed by atoms with Crippen LogP contribution in [0.4, 0.5) is 5.13 Å². The van der Waals surface area contributed by atoms with Crippen LogP contribution in [-0.2, 0) is 0 Å². The van der Waals surface area contributed by atoms with E-state index in [1.165, 1.54) is 23.7 Å². The maximum Gasteiger partial charge on any atom is 0.185 e. The molecule has 0 saturated heterocycles. The van der Waals surface area contributed by atoms with Gasteiger partial charge in [0.05, 0.1) is 5.69 Å². The number of anilines is 1. The lowest BCUT2D eigenvalue weighted by Crippen LogP contribution is -2.29. The average Bonchev–Trinajstić information content (AvgIpc) is 3.02. The molecule has 1 aromatic heterocycles. The van der Waals surface area contributed by atoms with Crippen LogP contribution < -0.4 is 10.2 Å². The number of hydrogen-bond donors (Lipinski definition) is 1. The molecule has 1 aromatic rings. The highest BCUT2D eigenvalue weighted by Crippen LogP contribution is 2.34. The van der Waals surface area contributed by atoms with Crippen molar-refractivity contribution in [2.45, 2.75) is 45.7 Å². The van der Waals surface area contributed by atoms with Gasteiger partial charge in [-0.3, -0.25) is 0 Å². The Hall–Kier alpha value is -0.610. The van der Waals surface area contributed by atoms with Crippen molar-refractivity contribution in [3.05, 3.63) is 11.1 Å². The molecule has 1 unspecified atom stereocenters. The van der Waals surface area contributed by atoms with Crippen molar-refractivity contribution in [2.75, 3.05) is 18.5 Å². The molecule has 0 aromatic carbocycles. The Bertz CT molecular complexity index is 357. The van der Waals surface area contributed by atoms with Crippen molar-refractivity contribution in [1.82, 2.24) is 10.3 Å². The Morgan fingerprint density at radius 1 is 1.47 bits per heavy atom. The molecule has 0 bridgehead atoms. The smallest absolute Gasteiger partial charge is 0.185 e. The summed E-state index contributed by atoms with van der Waals surface area (Å²) in [5, 5.41) is 6.64. The Kier molecular flexibility index (Phi) is 4.05. The van der Waals surface area contributed by atoms with E-state index in [0.717, 1.165) is 12.6 Å². The third-order valence-corrected chi connectivity index (χ3v) is 4.08. The van der Waals surface area contributed by atoms with Crippen LogP contribution in [0, 0.1) is 5.92 Å². The fourth-order valence-electron chi connectivity index (χ4n) is 1.92. The maximum atomic E-state index is 4.78. The highest BCUT2D eigenvalue weighted by molar-refractivity contribution is 7.13. The van der Waals surface area contributed by atoms with Gasteiger partial charge in [0, 0.05) is 24.0 Å². The molecular formula is C13H23N3S. The molecule has 1 saturated carbocycles. The van der Waals surface area contributed by atoms with Gasteiger partial charge in [-0.15, -0.1) is 11.3 Å². The van der Waals surface area contributed by atoms with E-state index >= 15 is 0 Å². The molecule has 17 heavy (non-hydrogen) atoms. The molecule has 2 rings (SSSR count). The second-order valence-electron chi connectivity index (χ2n) is 5.34. The van der Waals surface area contributed by atoms with Crippen LogP contribution in [0.25, 0.3) is 0 Å². The number of aromatic nitrogens is 1. The van der Waals surface area contributed by atoms with Gasteiger partial charge in [-0.1, -0.05) is 13.8 Å². The number of nitrogens with one attached hydrogen (secondary N) is 1. The quantitative estimate of drug-likeness (QED) is 0.844. The highest BCUT2D eigenvalue weighted by atomic mass is 32.1. The van der Waals surface area contributed by atoms with Crippen LogP contribution in [-0.4, -0.2) is 24.6 Å². The molecule has 1 aliphatic rings. The monoisotopic (exact) mass is 253 g/mol. The number of thiazole rings is 1. The van der Waals surface area contributed by atoms with Crippen molar-refractivity contribution >= 4 is 16.5 Å². The topological polar surface area (TPSA) is 28.2 Å². The van der Waals surface area contributed by atoms with Gasteiger partial charge in [-0.25, -0.2) is 4.98 Å². The van der Waals surface area contributed by atoms with Crippen LogP contribution in [0.5, 0.6) is 0 Å². The first kappa shape index (κ1) is 12.8. The fraction of sp³-hybridized carbons (Fsp3) is 0.769. The zero-order chi connectivity index (χ0) is 12.4. The molecule has 0 spiro atoms. The number of rotatable bonds is 6. The Morgan fingerprint density at radius 3 is 2.71 bits per heavy atom. The van der Waals surface area contributed by atoms with Crippen LogP contribution >= 0.6 is 11.3 Å². The molecule has 1 N–H and O–H groups in total. The summed E-state index contributed by atoms with van der Waals surface area (Å²) >= 11 is 1.79. The van der Waals surface area contributed by atoms with Gasteiger partial charge in [-0.05, 0) is 32.7 Å². The standard InChI is InChI=1S/C13H23N3S/c1-9(2)7-16(11-5-6-11)13-15-12(8-17-13)10(3)14-4/h8-11,14H,5-7H2,1-4H3. The summed E-state index contributed by atoms with van der Waals surface area (Å²) in [5.74, 6) is 0.699. The minimum atomic E-state index is 0.347. The molecule has 1 aliphatic carbocycles. The second kappa shape index (κ2) is 5.36. The van der Waals surface area contributed by atoms with Gasteiger partial charge >= 0.3 is 0 Å². The van der Waals surface area contributed by atoms with E-state index in [4.69, 9.17) is 4.98 Å². The van der Waals surface area contributed by atoms with Crippen molar-refractivity contribution in [1.29, 1.82) is 0 Å². The Morgan fingerprint density at radius 2 is 2.18 bits per heavy atom. The molecule has 0 amide bonds. The first-order chi connectivity index (χ1) is 8.11. The van der Waals surface area contributed by atoms with Crippen LogP contribution in [0.15, 0.2) is 5.38 Å². The molecule has 3 nitrogen and oxygen atoms in total. The summed E-state index contributed by atoms with van der Waals surface area (Å²) in [4.78, 5) is 7.28. The molecule has 1 atom stereocenters. The Balaban J connectivity index is 2.10. The lowest BCUT2D eigenvalue weighted by atomic mass is 10.2. The van der Waals surface area contributed by atoms with Crippen molar-refractivity contribution in [3.63, 3.8) is 0 Å². The molecule has 0 aliphatic heterocycles. The summed E-state index contributed by atoms with van der Waals surface area (Å²) in [6.45, 7) is 7.84. The van der Waals surface area contributed by atoms with Crippen LogP contribution in [0.3, 0.4) is 0 Å². The van der Waals surface area contributed by atoms with E-state index in [-0.39, 0.29) is 0 Å². The number of nitrogens with zero attached hydrogens (tertiary/aromatic N) is 2. The van der Waals surface area contributed by atoms with E-state index < -0.39 is 0 Å². The summed E-state index contributed by atoms with van der Waals surface area (Å²) in [5.41, 5.74) is 1.17. The van der Waals surface area contributed by atoms with Crippen molar-refractivity contribution in [2.24, 2.45) is 5.92 Å². The molecule has 4 heteroatoms. The minimum absolute atomic E-state index is 0.347. The van der Waals surface area contributed by atoms with Gasteiger partial charge in [-0.2, -0.15) is 0 Å². The normalized spacial score (nSPS) is 17.5. The summed E-state index contributed by atoms with van der Waals surface area (Å²) < 4.78 is 0. The maximum absolute atomic E-state index is 4.78. The molecule has 0 radical (unpaired) electrons. The third kappa shape index (κ3) is 3.19. The van der Waals surface area contributed by atoms with E-state index in [9.17, 15) is 0 Å². The zero-order valence-corrected chi connectivity index (χ0v) is 12.0. The predicted octanol–water partition coefficient (Wildman–Crippen LogP) is 3.05. The third-order valence-electron chi connectivity index (χ3n) is 3.18. The SMILES string of the molecule is CNC(C)c1csc(N(CC(C)C)C2CC2)n1. The van der Waals surface area contributed by atoms with Crippen LogP contribution in [0.1, 0.15) is 45.3 Å². The first-order valence-corrected chi connectivity index (χ1v) is 7.39. The molecule has 96 valence electrons. The van der Waals surface area contributed by atoms with Crippen LogP contribution in [0.2, 0.25) is 0 Å². The van der Waals surface area contributed by atoms with Crippen molar-refractivity contribution in [3.8, 4) is 0 Å². The predicted molar refractivity (Wildman–Crippen MR) is 74.8 cm³/mol. The Labute approximate surface area is 108 Å². The molecule has 1 heterocycles. The summed E-state index contributed by atoms with van der Waals surface area (Å²) in [6.07, 6.45) is 2.67. The first-order valence-electron chi connectivity index (χ1n) is 6.51. The van der Waals surface area contributed by atoms with E-state index in [1.54, 1.807) is 11.3 Å². The minimum Gasteiger partial charge on any atom is -0.345 e. The average molecular weight is 253 g/mol. The zero-order valence-electron chi connectivity index (χ0n) is 11.2. The summed E-state index contributed by atoms with van der Waals surface area (Å²) in [6, 6.07) is 1.10. The summed E-state index contributed by atoms with van der Waals surface area (Å²) in [7, 11) is 1.98. The lowest BCUT2D eigenvalue weighted by molar-refractivity contribution is 0.601. The fourth-order valence-corrected chi connectivity index (χ4v) is 2.92. The highest BCUT2D eigenvalue weighted by Gasteiger charge is 2.31. The number of hydrogen-bond acceptors (Lipinski definition) is 4. The molecular weight excluding hydrogens is 230 g/mol. The van der Waals surface area contributed by atoms with Gasteiger partial charge in [0.15, 0.2) is 5.13 Å².